The standard InChI is InChI=1S/C20H21N3O7S.Na/c21-23-22-19-18(31(24,25)26)17(27-11-13-7-3-1-4-8-13)16-15(29-19)12-28-20(30-16)14-9-5-2-6-10-14;/h1-10,15-20H,11-12H2,(H,24,25,26);/q;+1/p-1/t15-,16-,17+,18-,19+,20-;/m1./s1. The van der Waals surface area contributed by atoms with Crippen LogP contribution in [0.2, 0.25) is 0 Å². The van der Waals surface area contributed by atoms with Crippen LogP contribution in [0.15, 0.2) is 65.8 Å². The minimum Gasteiger partial charge on any atom is -0.748 e. The number of hydrogen-bond donors (Lipinski definition) is 0. The van der Waals surface area contributed by atoms with Gasteiger partial charge in [-0.15, -0.1) is 0 Å². The normalized spacial score (nSPS) is 29.8. The first-order valence-corrected chi connectivity index (χ1v) is 11.1. The van der Waals surface area contributed by atoms with Crippen molar-refractivity contribution in [2.45, 2.75) is 42.7 Å². The molecule has 0 aliphatic carbocycles. The Bertz CT molecular complexity index is 1040. The molecule has 0 N–H and O–H groups in total. The molecule has 0 radical (unpaired) electrons. The van der Waals surface area contributed by atoms with E-state index >= 15 is 0 Å². The molecule has 0 spiro atoms. The molecule has 0 amide bonds. The third-order valence-corrected chi connectivity index (χ3v) is 6.33. The van der Waals surface area contributed by atoms with Gasteiger partial charge < -0.3 is 23.5 Å². The van der Waals surface area contributed by atoms with Crippen LogP contribution in [0.3, 0.4) is 0 Å². The van der Waals surface area contributed by atoms with Gasteiger partial charge in [0.2, 0.25) is 0 Å². The maximum atomic E-state index is 12.1. The van der Waals surface area contributed by atoms with Crippen molar-refractivity contribution in [1.82, 2.24) is 0 Å². The maximum Gasteiger partial charge on any atom is 1.00 e. The molecule has 2 aliphatic heterocycles. The molecule has 4 rings (SSSR count). The number of hydrogen-bond acceptors (Lipinski definition) is 8. The van der Waals surface area contributed by atoms with E-state index in [1.807, 2.05) is 36.4 Å². The predicted molar refractivity (Wildman–Crippen MR) is 106 cm³/mol. The van der Waals surface area contributed by atoms with E-state index in [4.69, 9.17) is 24.5 Å². The van der Waals surface area contributed by atoms with Gasteiger partial charge in [0.15, 0.2) is 12.5 Å². The number of benzene rings is 2. The molecule has 0 unspecified atom stereocenters. The molecule has 0 bridgehead atoms. The van der Waals surface area contributed by atoms with E-state index in [9.17, 15) is 13.0 Å². The maximum absolute atomic E-state index is 12.1. The zero-order chi connectivity index (χ0) is 21.8. The Morgan fingerprint density at radius 1 is 1.09 bits per heavy atom. The van der Waals surface area contributed by atoms with Crippen molar-refractivity contribution in [2.24, 2.45) is 5.11 Å². The van der Waals surface area contributed by atoms with Crippen LogP contribution < -0.4 is 29.6 Å². The SMILES string of the molecule is [N-]=[N+]=N[C@H]1O[C@@H]2CO[C@@H](c3ccccc3)O[C@H]2[C@H](OCc2ccccc2)[C@H]1S(=O)(=O)[O-].[Na+]. The largest absolute Gasteiger partial charge is 1.00 e. The average Bonchev–Trinajstić information content (AvgIpc) is 2.77. The smallest absolute Gasteiger partial charge is 0.748 e. The molecular weight excluding hydrogens is 449 g/mol. The van der Waals surface area contributed by atoms with Crippen molar-refractivity contribution in [3.63, 3.8) is 0 Å². The molecule has 0 aromatic heterocycles. The van der Waals surface area contributed by atoms with Crippen molar-refractivity contribution in [3.05, 3.63) is 82.2 Å². The van der Waals surface area contributed by atoms with Gasteiger partial charge in [-0.3, -0.25) is 0 Å². The Labute approximate surface area is 207 Å². The zero-order valence-corrected chi connectivity index (χ0v) is 20.1. The quantitative estimate of drug-likeness (QED) is 0.185. The van der Waals surface area contributed by atoms with Crippen LogP contribution in [0.25, 0.3) is 10.4 Å². The van der Waals surface area contributed by atoms with E-state index in [1.165, 1.54) is 0 Å². The van der Waals surface area contributed by atoms with Gasteiger partial charge in [0.05, 0.1) is 13.2 Å². The van der Waals surface area contributed by atoms with Crippen molar-refractivity contribution < 1.29 is 61.5 Å². The van der Waals surface area contributed by atoms with Crippen molar-refractivity contribution >= 4 is 10.1 Å². The van der Waals surface area contributed by atoms with Gasteiger partial charge in [0, 0.05) is 10.5 Å². The van der Waals surface area contributed by atoms with Crippen LogP contribution in [0.1, 0.15) is 17.4 Å². The molecule has 2 aromatic carbocycles. The van der Waals surface area contributed by atoms with E-state index < -0.39 is 46.2 Å². The van der Waals surface area contributed by atoms with Crippen LogP contribution in [0.4, 0.5) is 0 Å². The molecule has 2 aliphatic rings. The molecule has 2 heterocycles. The number of rotatable bonds is 6. The van der Waals surface area contributed by atoms with Crippen molar-refractivity contribution in [1.29, 1.82) is 0 Å². The summed E-state index contributed by atoms with van der Waals surface area (Å²) in [6.07, 6.45) is -5.29. The number of fused-ring (bicyclic) bond motifs is 1. The van der Waals surface area contributed by atoms with Crippen LogP contribution in [-0.4, -0.2) is 49.4 Å². The summed E-state index contributed by atoms with van der Waals surface area (Å²) in [5, 5.41) is 1.62. The predicted octanol–water partition coefficient (Wildman–Crippen LogP) is -0.361. The Morgan fingerprint density at radius 3 is 2.38 bits per heavy atom. The Morgan fingerprint density at radius 2 is 1.75 bits per heavy atom. The van der Waals surface area contributed by atoms with Crippen molar-refractivity contribution in [2.75, 3.05) is 6.61 Å². The summed E-state index contributed by atoms with van der Waals surface area (Å²) in [5.74, 6) is 0. The fourth-order valence-electron chi connectivity index (χ4n) is 3.75. The molecule has 2 saturated heterocycles. The van der Waals surface area contributed by atoms with Crippen LogP contribution in [0, 0.1) is 0 Å². The summed E-state index contributed by atoms with van der Waals surface area (Å²) in [5.41, 5.74) is 10.4. The summed E-state index contributed by atoms with van der Waals surface area (Å²) in [7, 11) is -4.97. The van der Waals surface area contributed by atoms with Gasteiger partial charge in [-0.05, 0) is 11.1 Å². The number of nitrogens with zero attached hydrogens (tertiary/aromatic N) is 3. The van der Waals surface area contributed by atoms with Gasteiger partial charge in [0.25, 0.3) is 0 Å². The Balaban J connectivity index is 0.00000289. The molecule has 12 heteroatoms. The monoisotopic (exact) mass is 469 g/mol. The molecule has 6 atom stereocenters. The third kappa shape index (κ3) is 5.70. The minimum atomic E-state index is -4.97. The zero-order valence-electron chi connectivity index (χ0n) is 17.3. The second-order valence-electron chi connectivity index (χ2n) is 7.17. The molecule has 32 heavy (non-hydrogen) atoms. The summed E-state index contributed by atoms with van der Waals surface area (Å²) in [4.78, 5) is 2.64. The molecule has 0 saturated carbocycles. The van der Waals surface area contributed by atoms with Gasteiger partial charge in [-0.1, -0.05) is 65.8 Å². The molecule has 2 fully saturated rings. The van der Waals surface area contributed by atoms with E-state index in [1.54, 1.807) is 24.3 Å². The first kappa shape index (κ1) is 25.1. The number of azide groups is 1. The average molecular weight is 469 g/mol. The Kier molecular flexibility index (Phi) is 8.70. The summed E-state index contributed by atoms with van der Waals surface area (Å²) in [6, 6.07) is 18.2. The molecule has 10 nitrogen and oxygen atoms in total. The van der Waals surface area contributed by atoms with Crippen LogP contribution in [-0.2, 0) is 35.7 Å². The fraction of sp³-hybridized carbons (Fsp3) is 0.400. The second kappa shape index (κ2) is 11.1. The van der Waals surface area contributed by atoms with Crippen molar-refractivity contribution in [3.8, 4) is 0 Å². The molecule has 2 aromatic rings. The van der Waals surface area contributed by atoms with Gasteiger partial charge in [-0.2, -0.15) is 0 Å². The van der Waals surface area contributed by atoms with Crippen LogP contribution >= 0.6 is 0 Å². The van der Waals surface area contributed by atoms with Crippen LogP contribution in [0.5, 0.6) is 0 Å². The molecule has 164 valence electrons. The summed E-state index contributed by atoms with van der Waals surface area (Å²) in [6.45, 7) is 0.0719. The number of ether oxygens (including phenoxy) is 4. The summed E-state index contributed by atoms with van der Waals surface area (Å²) < 4.78 is 59.7. The third-order valence-electron chi connectivity index (χ3n) is 5.16. The Hall–Kier alpha value is -1.50. The van der Waals surface area contributed by atoms with Gasteiger partial charge in [0.1, 0.15) is 33.7 Å². The fourth-order valence-corrected chi connectivity index (χ4v) is 4.72. The first-order chi connectivity index (χ1) is 15.0. The molecular formula is C20H20N3NaO7S. The van der Waals surface area contributed by atoms with E-state index in [0.29, 0.717) is 0 Å². The first-order valence-electron chi connectivity index (χ1n) is 9.59. The topological polar surface area (TPSA) is 143 Å². The summed E-state index contributed by atoms with van der Waals surface area (Å²) >= 11 is 0. The van der Waals surface area contributed by atoms with E-state index in [2.05, 4.69) is 10.0 Å². The van der Waals surface area contributed by atoms with Gasteiger partial charge >= 0.3 is 29.6 Å². The minimum absolute atomic E-state index is 0. The van der Waals surface area contributed by atoms with Gasteiger partial charge in [-0.25, -0.2) is 8.42 Å². The van der Waals surface area contributed by atoms with E-state index in [-0.39, 0.29) is 42.8 Å². The second-order valence-corrected chi connectivity index (χ2v) is 8.70. The van der Waals surface area contributed by atoms with E-state index in [0.717, 1.165) is 11.1 Å².